The zero-order valence-corrected chi connectivity index (χ0v) is 10.8. The fourth-order valence-electron chi connectivity index (χ4n) is 2.06. The van der Waals surface area contributed by atoms with Gasteiger partial charge in [-0.15, -0.1) is 0 Å². The maximum atomic E-state index is 11.7. The molecule has 1 N–H and O–H groups in total. The van der Waals surface area contributed by atoms with Crippen LogP contribution in [0.3, 0.4) is 0 Å². The van der Waals surface area contributed by atoms with E-state index in [0.717, 1.165) is 17.4 Å². The minimum absolute atomic E-state index is 0.208. The molecular formula is C14H14N2O3. The van der Waals surface area contributed by atoms with Crippen molar-refractivity contribution in [2.45, 2.75) is 20.3 Å². The van der Waals surface area contributed by atoms with Crippen LogP contribution < -0.4 is 5.43 Å². The maximum absolute atomic E-state index is 11.7. The zero-order chi connectivity index (χ0) is 14.0. The second kappa shape index (κ2) is 5.06. The summed E-state index contributed by atoms with van der Waals surface area (Å²) in [5, 5.41) is 13.2. The third-order valence-electron chi connectivity index (χ3n) is 2.97. The highest BCUT2D eigenvalue weighted by Crippen LogP contribution is 2.16. The van der Waals surface area contributed by atoms with E-state index in [2.05, 4.69) is 5.10 Å². The van der Waals surface area contributed by atoms with Gasteiger partial charge in [-0.3, -0.25) is 4.79 Å². The first kappa shape index (κ1) is 13.0. The number of aromatic nitrogens is 2. The summed E-state index contributed by atoms with van der Waals surface area (Å²) >= 11 is 0. The topological polar surface area (TPSA) is 72.2 Å². The smallest absolute Gasteiger partial charge is 0.341 e. The molecule has 0 amide bonds. The van der Waals surface area contributed by atoms with Gasteiger partial charge in [0, 0.05) is 0 Å². The van der Waals surface area contributed by atoms with E-state index in [0.29, 0.717) is 12.1 Å². The summed E-state index contributed by atoms with van der Waals surface area (Å²) in [5.41, 5.74) is 1.38. The summed E-state index contributed by atoms with van der Waals surface area (Å²) in [6.45, 7) is 3.71. The van der Waals surface area contributed by atoms with Crippen molar-refractivity contribution in [1.82, 2.24) is 9.78 Å². The number of hydrogen-bond acceptors (Lipinski definition) is 3. The van der Waals surface area contributed by atoms with Gasteiger partial charge in [-0.2, -0.15) is 5.10 Å². The molecule has 0 unspecified atom stereocenters. The molecule has 1 aromatic carbocycles. The largest absolute Gasteiger partial charge is 0.477 e. The number of para-hydroxylation sites is 1. The molecule has 0 saturated heterocycles. The standard InChI is InChI=1S/C14H14N2O3/c1-3-10-13(14(18)19)12(17)8-15-16(10)11-7-5-4-6-9(11)2/h4-8H,3H2,1-2H3,(H,18,19). The Bertz CT molecular complexity index is 689. The van der Waals surface area contributed by atoms with Crippen molar-refractivity contribution in [3.8, 4) is 5.69 Å². The number of carboxylic acid groups (broad SMARTS) is 1. The summed E-state index contributed by atoms with van der Waals surface area (Å²) < 4.78 is 1.53. The number of aryl methyl sites for hydroxylation is 1. The molecule has 2 rings (SSSR count). The highest BCUT2D eigenvalue weighted by molar-refractivity contribution is 5.88. The van der Waals surface area contributed by atoms with Crippen LogP contribution in [0.15, 0.2) is 35.3 Å². The van der Waals surface area contributed by atoms with Crippen LogP contribution in [-0.2, 0) is 6.42 Å². The molecule has 0 aliphatic heterocycles. The summed E-state index contributed by atoms with van der Waals surface area (Å²) in [6.07, 6.45) is 1.47. The molecule has 0 fully saturated rings. The van der Waals surface area contributed by atoms with Gasteiger partial charge in [0.2, 0.25) is 5.43 Å². The van der Waals surface area contributed by atoms with Crippen LogP contribution in [0.25, 0.3) is 5.69 Å². The Hall–Kier alpha value is -2.43. The number of aromatic carboxylic acids is 1. The lowest BCUT2D eigenvalue weighted by Gasteiger charge is -2.14. The van der Waals surface area contributed by atoms with Gasteiger partial charge in [0.15, 0.2) is 0 Å². The third-order valence-corrected chi connectivity index (χ3v) is 2.97. The molecule has 98 valence electrons. The van der Waals surface area contributed by atoms with Gasteiger partial charge in [0.1, 0.15) is 5.56 Å². The minimum atomic E-state index is -1.22. The van der Waals surface area contributed by atoms with Crippen LogP contribution in [0.2, 0.25) is 0 Å². The highest BCUT2D eigenvalue weighted by Gasteiger charge is 2.18. The van der Waals surface area contributed by atoms with E-state index in [-0.39, 0.29) is 5.56 Å². The number of carboxylic acids is 1. The Morgan fingerprint density at radius 1 is 1.37 bits per heavy atom. The van der Waals surface area contributed by atoms with Gasteiger partial charge < -0.3 is 5.11 Å². The molecule has 1 heterocycles. The van der Waals surface area contributed by atoms with Crippen molar-refractivity contribution >= 4 is 5.97 Å². The molecule has 0 aliphatic carbocycles. The van der Waals surface area contributed by atoms with Crippen molar-refractivity contribution in [2.75, 3.05) is 0 Å². The first-order valence-corrected chi connectivity index (χ1v) is 5.96. The monoisotopic (exact) mass is 258 g/mol. The lowest BCUT2D eigenvalue weighted by molar-refractivity contribution is 0.0693. The molecular weight excluding hydrogens is 244 g/mol. The molecule has 0 aliphatic rings. The van der Waals surface area contributed by atoms with E-state index in [1.165, 1.54) is 4.68 Å². The normalized spacial score (nSPS) is 10.4. The fourth-order valence-corrected chi connectivity index (χ4v) is 2.06. The van der Waals surface area contributed by atoms with E-state index >= 15 is 0 Å². The van der Waals surface area contributed by atoms with Gasteiger partial charge in [0.25, 0.3) is 0 Å². The minimum Gasteiger partial charge on any atom is -0.477 e. The number of carbonyl (C=O) groups is 1. The second-order valence-electron chi connectivity index (χ2n) is 4.19. The average molecular weight is 258 g/mol. The summed E-state index contributed by atoms with van der Waals surface area (Å²) in [6, 6.07) is 7.50. The van der Waals surface area contributed by atoms with E-state index in [1.54, 1.807) is 6.92 Å². The number of nitrogens with zero attached hydrogens (tertiary/aromatic N) is 2. The van der Waals surface area contributed by atoms with Gasteiger partial charge in [-0.25, -0.2) is 9.48 Å². The Morgan fingerprint density at radius 2 is 2.05 bits per heavy atom. The van der Waals surface area contributed by atoms with E-state index in [1.807, 2.05) is 31.2 Å². The van der Waals surface area contributed by atoms with Crippen LogP contribution in [0.5, 0.6) is 0 Å². The SMILES string of the molecule is CCc1c(C(=O)O)c(=O)cnn1-c1ccccc1C. The van der Waals surface area contributed by atoms with Gasteiger partial charge in [0.05, 0.1) is 17.6 Å². The molecule has 5 nitrogen and oxygen atoms in total. The molecule has 5 heteroatoms. The number of hydrogen-bond donors (Lipinski definition) is 1. The lowest BCUT2D eigenvalue weighted by atomic mass is 10.1. The van der Waals surface area contributed by atoms with Crippen molar-refractivity contribution in [1.29, 1.82) is 0 Å². The molecule has 0 bridgehead atoms. The molecule has 0 saturated carbocycles. The number of benzene rings is 1. The Balaban J connectivity index is 2.79. The van der Waals surface area contributed by atoms with Gasteiger partial charge in [-0.05, 0) is 25.0 Å². The predicted octanol–water partition coefficient (Wildman–Crippen LogP) is 1.80. The zero-order valence-electron chi connectivity index (χ0n) is 10.8. The molecule has 0 spiro atoms. The third kappa shape index (κ3) is 2.27. The predicted molar refractivity (Wildman–Crippen MR) is 70.9 cm³/mol. The average Bonchev–Trinajstić information content (AvgIpc) is 2.38. The van der Waals surface area contributed by atoms with Crippen LogP contribution in [0.4, 0.5) is 0 Å². The van der Waals surface area contributed by atoms with E-state index in [9.17, 15) is 14.7 Å². The Kier molecular flexibility index (Phi) is 3.46. The van der Waals surface area contributed by atoms with Gasteiger partial charge in [-0.1, -0.05) is 25.1 Å². The van der Waals surface area contributed by atoms with Crippen LogP contribution in [-0.4, -0.2) is 20.9 Å². The summed E-state index contributed by atoms with van der Waals surface area (Å²) in [7, 11) is 0. The van der Waals surface area contributed by atoms with Crippen LogP contribution in [0.1, 0.15) is 28.5 Å². The summed E-state index contributed by atoms with van der Waals surface area (Å²) in [4.78, 5) is 22.9. The van der Waals surface area contributed by atoms with Crippen LogP contribution in [0, 0.1) is 6.92 Å². The Morgan fingerprint density at radius 3 is 2.63 bits per heavy atom. The molecule has 0 atom stereocenters. The number of rotatable bonds is 3. The van der Waals surface area contributed by atoms with Gasteiger partial charge >= 0.3 is 5.97 Å². The highest BCUT2D eigenvalue weighted by atomic mass is 16.4. The molecule has 2 aromatic rings. The van der Waals surface area contributed by atoms with Crippen molar-refractivity contribution in [2.24, 2.45) is 0 Å². The fraction of sp³-hybridized carbons (Fsp3) is 0.214. The van der Waals surface area contributed by atoms with Crippen molar-refractivity contribution in [3.63, 3.8) is 0 Å². The molecule has 0 radical (unpaired) electrons. The summed E-state index contributed by atoms with van der Waals surface area (Å²) in [5.74, 6) is -1.22. The lowest BCUT2D eigenvalue weighted by Crippen LogP contribution is -2.24. The quantitative estimate of drug-likeness (QED) is 0.911. The second-order valence-corrected chi connectivity index (χ2v) is 4.19. The van der Waals surface area contributed by atoms with E-state index in [4.69, 9.17) is 0 Å². The maximum Gasteiger partial charge on any atom is 0.341 e. The van der Waals surface area contributed by atoms with Crippen molar-refractivity contribution < 1.29 is 9.90 Å². The molecule has 19 heavy (non-hydrogen) atoms. The van der Waals surface area contributed by atoms with Crippen molar-refractivity contribution in [3.05, 3.63) is 57.5 Å². The first-order valence-electron chi connectivity index (χ1n) is 5.96. The first-order chi connectivity index (χ1) is 9.06. The van der Waals surface area contributed by atoms with Crippen LogP contribution >= 0.6 is 0 Å². The van der Waals surface area contributed by atoms with E-state index < -0.39 is 11.4 Å². The Labute approximate surface area is 110 Å². The molecule has 1 aromatic heterocycles.